The first kappa shape index (κ1) is 13.7. The van der Waals surface area contributed by atoms with Crippen molar-refractivity contribution in [1.82, 2.24) is 10.2 Å². The number of carbonyl (C=O) groups is 1. The summed E-state index contributed by atoms with van der Waals surface area (Å²) >= 11 is 0. The summed E-state index contributed by atoms with van der Waals surface area (Å²) < 4.78 is 0. The highest BCUT2D eigenvalue weighted by Crippen LogP contribution is 2.32. The molecule has 1 fully saturated rings. The largest absolute Gasteiger partial charge is 0.507 e. The predicted molar refractivity (Wildman–Crippen MR) is 72.0 cm³/mol. The van der Waals surface area contributed by atoms with Crippen molar-refractivity contribution in [2.45, 2.75) is 31.8 Å². The zero-order valence-corrected chi connectivity index (χ0v) is 11.3. The van der Waals surface area contributed by atoms with Gasteiger partial charge in [0, 0.05) is 32.1 Å². The highest BCUT2D eigenvalue weighted by molar-refractivity contribution is 5.76. The molecule has 0 aliphatic carbocycles. The van der Waals surface area contributed by atoms with Gasteiger partial charge in [-0.1, -0.05) is 6.07 Å². The number of hydrogen-bond donors (Lipinski definition) is 3. The number of likely N-dealkylation sites (N-methyl/N-ethyl adjacent to an activating group) is 1. The third-order valence-corrected chi connectivity index (χ3v) is 3.61. The Kier molecular flexibility index (Phi) is 3.95. The minimum Gasteiger partial charge on any atom is -0.507 e. The Hall–Kier alpha value is -1.75. The van der Waals surface area contributed by atoms with E-state index < -0.39 is 0 Å². The Balaban J connectivity index is 2.05. The van der Waals surface area contributed by atoms with Crippen LogP contribution in [0.5, 0.6) is 11.5 Å². The molecular formula is C14H20N2O3. The van der Waals surface area contributed by atoms with Crippen molar-refractivity contribution < 1.29 is 15.0 Å². The van der Waals surface area contributed by atoms with Gasteiger partial charge < -0.3 is 20.4 Å². The number of carbonyl (C=O) groups excluding carboxylic acids is 1. The van der Waals surface area contributed by atoms with Crippen LogP contribution in [0.25, 0.3) is 0 Å². The lowest BCUT2D eigenvalue weighted by atomic mass is 10.0. The molecule has 1 heterocycles. The zero-order chi connectivity index (χ0) is 14.0. The summed E-state index contributed by atoms with van der Waals surface area (Å²) in [6, 6.07) is 4.73. The Morgan fingerprint density at radius 3 is 2.58 bits per heavy atom. The molecule has 1 aliphatic heterocycles. The third kappa shape index (κ3) is 2.98. The average Bonchev–Trinajstić information content (AvgIpc) is 2.33. The standard InChI is InChI=1S/C14H20N2O3/c1-9(14-11(17)4-3-5-12(14)18)15-10-6-7-13(19)16(2)8-10/h3-5,9-10,15,17-18H,6-8H2,1-2H3. The van der Waals surface area contributed by atoms with Crippen molar-refractivity contribution in [3.05, 3.63) is 23.8 Å². The van der Waals surface area contributed by atoms with Crippen LogP contribution in [0.4, 0.5) is 0 Å². The van der Waals surface area contributed by atoms with Gasteiger partial charge >= 0.3 is 0 Å². The highest BCUT2D eigenvalue weighted by Gasteiger charge is 2.25. The number of phenols is 2. The number of benzene rings is 1. The molecule has 1 aromatic carbocycles. The van der Waals surface area contributed by atoms with Gasteiger partial charge in [-0.3, -0.25) is 4.79 Å². The Morgan fingerprint density at radius 2 is 2.00 bits per heavy atom. The molecule has 2 unspecified atom stereocenters. The monoisotopic (exact) mass is 264 g/mol. The molecule has 2 atom stereocenters. The fraction of sp³-hybridized carbons (Fsp3) is 0.500. The van der Waals surface area contributed by atoms with E-state index >= 15 is 0 Å². The van der Waals surface area contributed by atoms with Crippen LogP contribution >= 0.6 is 0 Å². The number of phenolic OH excluding ortho intramolecular Hbond substituents is 2. The number of nitrogens with zero attached hydrogens (tertiary/aromatic N) is 1. The van der Waals surface area contributed by atoms with E-state index in [-0.39, 0.29) is 29.5 Å². The van der Waals surface area contributed by atoms with Crippen molar-refractivity contribution in [2.75, 3.05) is 13.6 Å². The summed E-state index contributed by atoms with van der Waals surface area (Å²) in [6.45, 7) is 2.54. The summed E-state index contributed by atoms with van der Waals surface area (Å²) in [5.41, 5.74) is 0.502. The molecule has 0 radical (unpaired) electrons. The molecular weight excluding hydrogens is 244 g/mol. The van der Waals surface area contributed by atoms with Crippen LogP contribution in [-0.2, 0) is 4.79 Å². The van der Waals surface area contributed by atoms with E-state index in [2.05, 4.69) is 5.32 Å². The molecule has 1 saturated heterocycles. The molecule has 0 spiro atoms. The summed E-state index contributed by atoms with van der Waals surface area (Å²) in [7, 11) is 1.79. The number of nitrogens with one attached hydrogen (secondary N) is 1. The van der Waals surface area contributed by atoms with Gasteiger partial charge in [-0.2, -0.15) is 0 Å². The van der Waals surface area contributed by atoms with Crippen molar-refractivity contribution in [3.63, 3.8) is 0 Å². The molecule has 104 valence electrons. The molecule has 19 heavy (non-hydrogen) atoms. The maximum atomic E-state index is 11.4. The second-order valence-electron chi connectivity index (χ2n) is 5.11. The number of piperidine rings is 1. The highest BCUT2D eigenvalue weighted by atomic mass is 16.3. The zero-order valence-electron chi connectivity index (χ0n) is 11.3. The number of rotatable bonds is 3. The van der Waals surface area contributed by atoms with Gasteiger partial charge in [-0.15, -0.1) is 0 Å². The van der Waals surface area contributed by atoms with E-state index in [9.17, 15) is 15.0 Å². The number of amides is 1. The lowest BCUT2D eigenvalue weighted by Crippen LogP contribution is -2.47. The van der Waals surface area contributed by atoms with Crippen LogP contribution < -0.4 is 5.32 Å². The maximum absolute atomic E-state index is 11.4. The SMILES string of the molecule is CC(NC1CCC(=O)N(C)C1)c1c(O)cccc1O. The smallest absolute Gasteiger partial charge is 0.222 e. The first-order valence-electron chi connectivity index (χ1n) is 6.50. The van der Waals surface area contributed by atoms with Crippen molar-refractivity contribution >= 4 is 5.91 Å². The first-order chi connectivity index (χ1) is 8.99. The van der Waals surface area contributed by atoms with E-state index in [1.54, 1.807) is 30.1 Å². The van der Waals surface area contributed by atoms with Gasteiger partial charge in [0.05, 0.1) is 5.56 Å². The second-order valence-corrected chi connectivity index (χ2v) is 5.11. The van der Waals surface area contributed by atoms with Crippen LogP contribution in [0, 0.1) is 0 Å². The summed E-state index contributed by atoms with van der Waals surface area (Å²) in [4.78, 5) is 13.1. The van der Waals surface area contributed by atoms with E-state index in [1.807, 2.05) is 6.92 Å². The maximum Gasteiger partial charge on any atom is 0.222 e. The minimum atomic E-state index is -0.173. The molecule has 2 rings (SSSR count). The van der Waals surface area contributed by atoms with Crippen LogP contribution in [0.15, 0.2) is 18.2 Å². The van der Waals surface area contributed by atoms with Gasteiger partial charge in [0.1, 0.15) is 11.5 Å². The quantitative estimate of drug-likeness (QED) is 0.771. The van der Waals surface area contributed by atoms with E-state index in [1.165, 1.54) is 0 Å². The van der Waals surface area contributed by atoms with E-state index in [4.69, 9.17) is 0 Å². The van der Waals surface area contributed by atoms with Crippen LogP contribution in [-0.4, -0.2) is 40.7 Å². The molecule has 3 N–H and O–H groups in total. The second kappa shape index (κ2) is 5.48. The van der Waals surface area contributed by atoms with E-state index in [0.29, 0.717) is 18.5 Å². The van der Waals surface area contributed by atoms with Crippen molar-refractivity contribution in [1.29, 1.82) is 0 Å². The fourth-order valence-electron chi connectivity index (χ4n) is 2.57. The summed E-state index contributed by atoms with van der Waals surface area (Å²) in [5.74, 6) is 0.330. The van der Waals surface area contributed by atoms with Gasteiger partial charge in [-0.25, -0.2) is 0 Å². The summed E-state index contributed by atoms with van der Waals surface area (Å²) in [6.07, 6.45) is 1.31. The Morgan fingerprint density at radius 1 is 1.37 bits per heavy atom. The van der Waals surface area contributed by atoms with Gasteiger partial charge in [-0.05, 0) is 25.5 Å². The van der Waals surface area contributed by atoms with Crippen molar-refractivity contribution in [2.24, 2.45) is 0 Å². The lowest BCUT2D eigenvalue weighted by molar-refractivity contribution is -0.132. The van der Waals surface area contributed by atoms with Gasteiger partial charge in [0.2, 0.25) is 5.91 Å². The van der Waals surface area contributed by atoms with Gasteiger partial charge in [0.15, 0.2) is 0 Å². The lowest BCUT2D eigenvalue weighted by Gasteiger charge is -2.32. The minimum absolute atomic E-state index is 0.0836. The third-order valence-electron chi connectivity index (χ3n) is 3.61. The number of hydrogen-bond acceptors (Lipinski definition) is 4. The van der Waals surface area contributed by atoms with Crippen LogP contribution in [0.3, 0.4) is 0 Å². The average molecular weight is 264 g/mol. The van der Waals surface area contributed by atoms with Crippen molar-refractivity contribution in [3.8, 4) is 11.5 Å². The molecule has 1 aliphatic rings. The predicted octanol–water partition coefficient (Wildman–Crippen LogP) is 1.37. The van der Waals surface area contributed by atoms with Gasteiger partial charge in [0.25, 0.3) is 0 Å². The Labute approximate surface area is 112 Å². The number of aromatic hydroxyl groups is 2. The molecule has 5 heteroatoms. The Bertz CT molecular complexity index is 456. The fourth-order valence-corrected chi connectivity index (χ4v) is 2.57. The van der Waals surface area contributed by atoms with Crippen LogP contribution in [0.1, 0.15) is 31.4 Å². The number of likely N-dealkylation sites (tertiary alicyclic amines) is 1. The molecule has 0 saturated carbocycles. The molecule has 0 bridgehead atoms. The van der Waals surface area contributed by atoms with E-state index in [0.717, 1.165) is 6.42 Å². The molecule has 1 aromatic rings. The molecule has 5 nitrogen and oxygen atoms in total. The first-order valence-corrected chi connectivity index (χ1v) is 6.50. The summed E-state index contributed by atoms with van der Waals surface area (Å²) in [5, 5.41) is 23.0. The topological polar surface area (TPSA) is 72.8 Å². The molecule has 0 aromatic heterocycles. The van der Waals surface area contributed by atoms with Crippen LogP contribution in [0.2, 0.25) is 0 Å². The normalized spacial score (nSPS) is 21.5. The molecule has 1 amide bonds.